The van der Waals surface area contributed by atoms with Gasteiger partial charge in [-0.05, 0) is 42.7 Å². The SMILES string of the molecule is CCOC(=O)C(Cc1cc(OCc2ccccc2)c(OC)c(OCc2ccccc2)c1)(NC(C)=O)C(=O)OCC. The minimum Gasteiger partial charge on any atom is -0.490 e. The van der Waals surface area contributed by atoms with E-state index in [4.69, 9.17) is 23.7 Å². The minimum atomic E-state index is -2.13. The third kappa shape index (κ3) is 7.75. The largest absolute Gasteiger partial charge is 0.490 e. The Balaban J connectivity index is 2.08. The highest BCUT2D eigenvalue weighted by Crippen LogP contribution is 2.40. The molecule has 0 saturated heterocycles. The van der Waals surface area contributed by atoms with E-state index in [0.717, 1.165) is 11.1 Å². The molecule has 3 aromatic carbocycles. The third-order valence-corrected chi connectivity index (χ3v) is 5.87. The first-order valence-electron chi connectivity index (χ1n) is 13.0. The van der Waals surface area contributed by atoms with Crippen molar-refractivity contribution in [2.75, 3.05) is 20.3 Å². The number of carbonyl (C=O) groups is 3. The van der Waals surface area contributed by atoms with Gasteiger partial charge in [0.25, 0.3) is 0 Å². The van der Waals surface area contributed by atoms with E-state index in [-0.39, 0.29) is 32.8 Å². The Kier molecular flexibility index (Phi) is 10.9. The lowest BCUT2D eigenvalue weighted by atomic mass is 9.90. The quantitative estimate of drug-likeness (QED) is 0.233. The van der Waals surface area contributed by atoms with Crippen LogP contribution in [0.3, 0.4) is 0 Å². The van der Waals surface area contributed by atoms with Crippen LogP contribution in [0.15, 0.2) is 72.8 Å². The average molecular weight is 550 g/mol. The number of hydrogen-bond acceptors (Lipinski definition) is 8. The summed E-state index contributed by atoms with van der Waals surface area (Å²) in [5.74, 6) is -1.47. The number of rotatable bonds is 14. The van der Waals surface area contributed by atoms with Crippen LogP contribution in [0.2, 0.25) is 0 Å². The number of hydrogen-bond donors (Lipinski definition) is 1. The predicted molar refractivity (Wildman–Crippen MR) is 148 cm³/mol. The monoisotopic (exact) mass is 549 g/mol. The molecule has 0 spiro atoms. The molecule has 0 aromatic heterocycles. The highest BCUT2D eigenvalue weighted by Gasteiger charge is 2.50. The van der Waals surface area contributed by atoms with Crippen molar-refractivity contribution in [2.45, 2.75) is 45.9 Å². The van der Waals surface area contributed by atoms with Gasteiger partial charge in [-0.3, -0.25) is 4.79 Å². The van der Waals surface area contributed by atoms with Gasteiger partial charge in [-0.2, -0.15) is 0 Å². The molecule has 0 bridgehead atoms. The Labute approximate surface area is 234 Å². The second-order valence-corrected chi connectivity index (χ2v) is 8.88. The van der Waals surface area contributed by atoms with Crippen LogP contribution in [0.5, 0.6) is 17.2 Å². The fraction of sp³-hybridized carbons (Fsp3) is 0.323. The van der Waals surface area contributed by atoms with E-state index < -0.39 is 23.4 Å². The van der Waals surface area contributed by atoms with Gasteiger partial charge in [-0.1, -0.05) is 60.7 Å². The fourth-order valence-electron chi connectivity index (χ4n) is 4.11. The smallest absolute Gasteiger partial charge is 0.344 e. The molecule has 0 unspecified atom stereocenters. The number of esters is 2. The molecule has 40 heavy (non-hydrogen) atoms. The maximum absolute atomic E-state index is 13.2. The zero-order valence-corrected chi connectivity index (χ0v) is 23.2. The molecule has 9 heteroatoms. The molecule has 0 aliphatic rings. The van der Waals surface area contributed by atoms with Crippen LogP contribution in [0, 0.1) is 0 Å². The van der Waals surface area contributed by atoms with Crippen molar-refractivity contribution in [3.8, 4) is 17.2 Å². The molecule has 0 atom stereocenters. The Hall–Kier alpha value is -4.53. The van der Waals surface area contributed by atoms with Gasteiger partial charge in [-0.25, -0.2) is 9.59 Å². The van der Waals surface area contributed by atoms with Crippen molar-refractivity contribution >= 4 is 17.8 Å². The maximum Gasteiger partial charge on any atom is 0.344 e. The molecule has 3 rings (SSSR count). The predicted octanol–water partition coefficient (Wildman–Crippen LogP) is 4.40. The minimum absolute atomic E-state index is 0.000933. The molecule has 0 radical (unpaired) electrons. The van der Waals surface area contributed by atoms with Crippen LogP contribution in [0.4, 0.5) is 0 Å². The van der Waals surface area contributed by atoms with Crippen LogP contribution in [-0.4, -0.2) is 43.7 Å². The molecule has 0 aliphatic carbocycles. The van der Waals surface area contributed by atoms with Crippen molar-refractivity contribution in [2.24, 2.45) is 0 Å². The molecule has 0 saturated carbocycles. The first-order valence-corrected chi connectivity index (χ1v) is 13.0. The van der Waals surface area contributed by atoms with Gasteiger partial charge in [-0.15, -0.1) is 0 Å². The Morgan fingerprint density at radius 3 is 1.55 bits per heavy atom. The lowest BCUT2D eigenvalue weighted by molar-refractivity contribution is -0.168. The fourth-order valence-corrected chi connectivity index (χ4v) is 4.11. The van der Waals surface area contributed by atoms with Gasteiger partial charge in [0.2, 0.25) is 17.2 Å². The topological polar surface area (TPSA) is 109 Å². The van der Waals surface area contributed by atoms with Crippen molar-refractivity contribution in [1.82, 2.24) is 5.32 Å². The van der Waals surface area contributed by atoms with Crippen molar-refractivity contribution in [3.05, 3.63) is 89.5 Å². The van der Waals surface area contributed by atoms with Crippen LogP contribution in [0.25, 0.3) is 0 Å². The molecular formula is C31H35NO8. The standard InChI is InChI=1S/C31H35NO8/c1-5-37-29(34)31(32-22(3)33,30(35)38-6-2)19-25-17-26(39-20-23-13-9-7-10-14-23)28(36-4)27(18-25)40-21-24-15-11-8-12-16-24/h7-18H,5-6,19-21H2,1-4H3,(H,32,33). The molecule has 212 valence electrons. The van der Waals surface area contributed by atoms with Crippen molar-refractivity contribution in [3.63, 3.8) is 0 Å². The molecule has 1 amide bonds. The second kappa shape index (κ2) is 14.6. The summed E-state index contributed by atoms with van der Waals surface area (Å²) in [7, 11) is 1.50. The number of nitrogens with one attached hydrogen (secondary N) is 1. The van der Waals surface area contributed by atoms with E-state index in [1.807, 2.05) is 60.7 Å². The first-order chi connectivity index (χ1) is 19.3. The Bertz CT molecular complexity index is 1190. The van der Waals surface area contributed by atoms with Gasteiger partial charge in [0.1, 0.15) is 13.2 Å². The van der Waals surface area contributed by atoms with Gasteiger partial charge in [0.05, 0.1) is 20.3 Å². The Morgan fingerprint density at radius 2 is 1.18 bits per heavy atom. The van der Waals surface area contributed by atoms with Crippen molar-refractivity contribution in [1.29, 1.82) is 0 Å². The molecule has 9 nitrogen and oxygen atoms in total. The lowest BCUT2D eigenvalue weighted by Gasteiger charge is -2.30. The molecule has 3 aromatic rings. The second-order valence-electron chi connectivity index (χ2n) is 8.88. The normalized spacial score (nSPS) is 10.8. The lowest BCUT2D eigenvalue weighted by Crippen LogP contribution is -2.62. The third-order valence-electron chi connectivity index (χ3n) is 5.87. The Morgan fingerprint density at radius 1 is 0.725 bits per heavy atom. The summed E-state index contributed by atoms with van der Waals surface area (Å²) in [6.07, 6.45) is -0.280. The van der Waals surface area contributed by atoms with E-state index in [1.165, 1.54) is 14.0 Å². The highest BCUT2D eigenvalue weighted by molar-refractivity contribution is 6.08. The zero-order valence-electron chi connectivity index (χ0n) is 23.2. The summed E-state index contributed by atoms with van der Waals surface area (Å²) in [6.45, 7) is 4.89. The summed E-state index contributed by atoms with van der Waals surface area (Å²) in [5.41, 5.74) is 0.168. The van der Waals surface area contributed by atoms with Gasteiger partial charge < -0.3 is 29.0 Å². The molecular weight excluding hydrogens is 514 g/mol. The zero-order chi connectivity index (χ0) is 29.0. The van der Waals surface area contributed by atoms with Gasteiger partial charge >= 0.3 is 11.9 Å². The number of amides is 1. The first kappa shape index (κ1) is 30.0. The summed E-state index contributed by atoms with van der Waals surface area (Å²) < 4.78 is 28.4. The van der Waals surface area contributed by atoms with E-state index in [0.29, 0.717) is 22.8 Å². The molecule has 0 heterocycles. The van der Waals surface area contributed by atoms with Gasteiger partial charge in [0, 0.05) is 13.3 Å². The van der Waals surface area contributed by atoms with Crippen LogP contribution >= 0.6 is 0 Å². The number of benzene rings is 3. The van der Waals surface area contributed by atoms with E-state index in [9.17, 15) is 14.4 Å². The maximum atomic E-state index is 13.2. The van der Waals surface area contributed by atoms with E-state index >= 15 is 0 Å². The van der Waals surface area contributed by atoms with E-state index in [1.54, 1.807) is 26.0 Å². The van der Waals surface area contributed by atoms with Crippen molar-refractivity contribution < 1.29 is 38.1 Å². The molecule has 1 N–H and O–H groups in total. The summed E-state index contributed by atoms with van der Waals surface area (Å²) in [5, 5.41) is 2.49. The van der Waals surface area contributed by atoms with Crippen LogP contribution < -0.4 is 19.5 Å². The summed E-state index contributed by atoms with van der Waals surface area (Å²) in [4.78, 5) is 38.6. The van der Waals surface area contributed by atoms with E-state index in [2.05, 4.69) is 5.32 Å². The molecule has 0 fully saturated rings. The summed E-state index contributed by atoms with van der Waals surface area (Å²) >= 11 is 0. The highest BCUT2D eigenvalue weighted by atomic mass is 16.6. The number of ether oxygens (including phenoxy) is 5. The van der Waals surface area contributed by atoms with Crippen LogP contribution in [-0.2, 0) is 43.5 Å². The number of carbonyl (C=O) groups excluding carboxylic acids is 3. The van der Waals surface area contributed by atoms with Crippen LogP contribution in [0.1, 0.15) is 37.5 Å². The number of methoxy groups -OCH3 is 1. The summed E-state index contributed by atoms with van der Waals surface area (Å²) in [6, 6.07) is 22.4. The van der Waals surface area contributed by atoms with Gasteiger partial charge in [0.15, 0.2) is 11.5 Å². The average Bonchev–Trinajstić information content (AvgIpc) is 2.95. The molecule has 0 aliphatic heterocycles.